The van der Waals surface area contributed by atoms with Crippen LogP contribution < -0.4 is 16.2 Å². The molecule has 4 N–H and O–H groups in total. The molecule has 1 rings (SSSR count). The van der Waals surface area contributed by atoms with Gasteiger partial charge in [0.15, 0.2) is 0 Å². The lowest BCUT2D eigenvalue weighted by molar-refractivity contribution is -0.118. The predicted octanol–water partition coefficient (Wildman–Crippen LogP) is 3.29. The number of hydrogen-bond acceptors (Lipinski definition) is 3. The van der Waals surface area contributed by atoms with Gasteiger partial charge in [0, 0.05) is 23.6 Å². The number of ether oxygens (including phenoxy) is 1. The van der Waals surface area contributed by atoms with E-state index < -0.39 is 0 Å². The fourth-order valence-electron chi connectivity index (χ4n) is 2.08. The minimum Gasteiger partial charge on any atom is -0.492 e. The van der Waals surface area contributed by atoms with Gasteiger partial charge in [0.1, 0.15) is 5.75 Å². The van der Waals surface area contributed by atoms with E-state index in [0.717, 1.165) is 5.56 Å². The average Bonchev–Trinajstić information content (AvgIpc) is 2.32. The first kappa shape index (κ1) is 17.1. The second-order valence-electron chi connectivity index (χ2n) is 4.85. The van der Waals surface area contributed by atoms with Gasteiger partial charge in [-0.1, -0.05) is 30.1 Å². The van der Waals surface area contributed by atoms with Crippen LogP contribution in [-0.2, 0) is 4.79 Å². The summed E-state index contributed by atoms with van der Waals surface area (Å²) < 4.78 is 5.37. The van der Waals surface area contributed by atoms with E-state index in [1.54, 1.807) is 12.1 Å². The normalized spacial score (nSPS) is 13.8. The molecule has 0 spiro atoms. The number of rotatable bonds is 7. The van der Waals surface area contributed by atoms with Crippen molar-refractivity contribution in [2.45, 2.75) is 32.7 Å². The zero-order valence-corrected chi connectivity index (χ0v) is 13.2. The largest absolute Gasteiger partial charge is 0.492 e. The Morgan fingerprint density at radius 3 is 2.55 bits per heavy atom. The maximum atomic E-state index is 10.9. The maximum absolute atomic E-state index is 10.9. The van der Waals surface area contributed by atoms with E-state index >= 15 is 0 Å². The van der Waals surface area contributed by atoms with Crippen molar-refractivity contribution in [2.75, 3.05) is 6.61 Å². The predicted molar refractivity (Wildman–Crippen MR) is 82.2 cm³/mol. The molecule has 6 heteroatoms. The highest BCUT2D eigenvalue weighted by molar-refractivity contribution is 6.34. The summed E-state index contributed by atoms with van der Waals surface area (Å²) in [6.07, 6.45) is 0.906. The molecular weight excluding hydrogens is 299 g/mol. The van der Waals surface area contributed by atoms with Crippen LogP contribution in [0.3, 0.4) is 0 Å². The highest BCUT2D eigenvalue weighted by Gasteiger charge is 2.17. The van der Waals surface area contributed by atoms with E-state index in [2.05, 4.69) is 0 Å². The quantitative estimate of drug-likeness (QED) is 0.809. The number of benzene rings is 1. The fourth-order valence-corrected chi connectivity index (χ4v) is 2.60. The van der Waals surface area contributed by atoms with Gasteiger partial charge in [-0.05, 0) is 30.9 Å². The first-order chi connectivity index (χ1) is 9.35. The molecule has 0 radical (unpaired) electrons. The van der Waals surface area contributed by atoms with Crippen LogP contribution in [0.1, 0.15) is 38.3 Å². The Hall–Kier alpha value is -0.970. The van der Waals surface area contributed by atoms with Crippen molar-refractivity contribution >= 4 is 29.1 Å². The molecule has 0 heterocycles. The SMILES string of the molecule is CCOc1cc(Cl)c(C(N)CC(C)CC(N)=O)cc1Cl. The molecule has 0 saturated heterocycles. The molecule has 112 valence electrons. The molecule has 1 aromatic rings. The summed E-state index contributed by atoms with van der Waals surface area (Å²) in [7, 11) is 0. The van der Waals surface area contributed by atoms with Crippen LogP contribution in [0.15, 0.2) is 12.1 Å². The topological polar surface area (TPSA) is 78.3 Å². The summed E-state index contributed by atoms with van der Waals surface area (Å²) in [5, 5.41) is 0.987. The van der Waals surface area contributed by atoms with Crippen molar-refractivity contribution in [2.24, 2.45) is 17.4 Å². The lowest BCUT2D eigenvalue weighted by atomic mass is 9.94. The number of primary amides is 1. The molecule has 0 aliphatic rings. The number of hydrogen-bond donors (Lipinski definition) is 2. The Morgan fingerprint density at radius 1 is 1.35 bits per heavy atom. The van der Waals surface area contributed by atoms with Crippen molar-refractivity contribution < 1.29 is 9.53 Å². The molecule has 0 fully saturated rings. The van der Waals surface area contributed by atoms with E-state index in [-0.39, 0.29) is 17.9 Å². The minimum atomic E-state index is -0.333. The second-order valence-corrected chi connectivity index (χ2v) is 5.67. The molecule has 20 heavy (non-hydrogen) atoms. The van der Waals surface area contributed by atoms with Gasteiger partial charge in [0.25, 0.3) is 0 Å². The van der Waals surface area contributed by atoms with Gasteiger partial charge < -0.3 is 16.2 Å². The van der Waals surface area contributed by atoms with E-state index in [1.165, 1.54) is 0 Å². The van der Waals surface area contributed by atoms with Crippen molar-refractivity contribution in [1.82, 2.24) is 0 Å². The molecule has 0 bridgehead atoms. The standard InChI is InChI=1S/C14H20Cl2N2O2/c1-3-20-13-7-10(15)9(6-11(13)16)12(17)4-8(2)5-14(18)19/h6-8,12H,3-5,17H2,1-2H3,(H2,18,19). The van der Waals surface area contributed by atoms with Gasteiger partial charge in [0.05, 0.1) is 11.6 Å². The Balaban J connectivity index is 2.85. The third kappa shape index (κ3) is 4.85. The Kier molecular flexibility index (Phi) is 6.59. The smallest absolute Gasteiger partial charge is 0.217 e. The summed E-state index contributed by atoms with van der Waals surface area (Å²) in [5.74, 6) is 0.296. The molecule has 0 aliphatic heterocycles. The number of halogens is 2. The van der Waals surface area contributed by atoms with Crippen LogP contribution in [0.2, 0.25) is 10.0 Å². The van der Waals surface area contributed by atoms with Gasteiger partial charge in [-0.2, -0.15) is 0 Å². The Labute approximate surface area is 129 Å². The molecule has 2 atom stereocenters. The first-order valence-electron chi connectivity index (χ1n) is 6.50. The van der Waals surface area contributed by atoms with Gasteiger partial charge in [-0.3, -0.25) is 4.79 Å². The molecule has 1 aromatic carbocycles. The summed E-state index contributed by atoms with van der Waals surface area (Å²) in [5.41, 5.74) is 12.0. The summed E-state index contributed by atoms with van der Waals surface area (Å²) in [6, 6.07) is 3.09. The zero-order chi connectivity index (χ0) is 15.3. The van der Waals surface area contributed by atoms with Crippen LogP contribution in [0.25, 0.3) is 0 Å². The van der Waals surface area contributed by atoms with Crippen LogP contribution in [0, 0.1) is 5.92 Å². The van der Waals surface area contributed by atoms with Gasteiger partial charge >= 0.3 is 0 Å². The number of amides is 1. The van der Waals surface area contributed by atoms with Gasteiger partial charge in [0.2, 0.25) is 5.91 Å². The third-order valence-electron chi connectivity index (χ3n) is 2.96. The third-order valence-corrected chi connectivity index (χ3v) is 3.58. The Bertz CT molecular complexity index is 480. The molecule has 2 unspecified atom stereocenters. The van der Waals surface area contributed by atoms with Crippen LogP contribution in [0.4, 0.5) is 0 Å². The van der Waals surface area contributed by atoms with Crippen molar-refractivity contribution in [3.63, 3.8) is 0 Å². The summed E-state index contributed by atoms with van der Waals surface area (Å²) >= 11 is 12.3. The summed E-state index contributed by atoms with van der Waals surface area (Å²) in [4.78, 5) is 10.9. The highest BCUT2D eigenvalue weighted by atomic mass is 35.5. The molecule has 4 nitrogen and oxygen atoms in total. The average molecular weight is 319 g/mol. The number of carbonyl (C=O) groups is 1. The number of carbonyl (C=O) groups excluding carboxylic acids is 1. The number of nitrogens with two attached hydrogens (primary N) is 2. The van der Waals surface area contributed by atoms with E-state index in [4.69, 9.17) is 39.4 Å². The lowest BCUT2D eigenvalue weighted by Gasteiger charge is -2.19. The van der Waals surface area contributed by atoms with Crippen LogP contribution in [-0.4, -0.2) is 12.5 Å². The molecule has 0 aromatic heterocycles. The molecule has 0 saturated carbocycles. The van der Waals surface area contributed by atoms with Gasteiger partial charge in [-0.15, -0.1) is 0 Å². The van der Waals surface area contributed by atoms with Crippen LogP contribution >= 0.6 is 23.2 Å². The van der Waals surface area contributed by atoms with Crippen molar-refractivity contribution in [3.8, 4) is 5.75 Å². The molecule has 0 aliphatic carbocycles. The molecule has 1 amide bonds. The Morgan fingerprint density at radius 2 is 2.00 bits per heavy atom. The first-order valence-corrected chi connectivity index (χ1v) is 7.26. The van der Waals surface area contributed by atoms with Crippen LogP contribution in [0.5, 0.6) is 5.75 Å². The second kappa shape index (κ2) is 7.72. The van der Waals surface area contributed by atoms with Crippen molar-refractivity contribution in [1.29, 1.82) is 0 Å². The van der Waals surface area contributed by atoms with E-state index in [1.807, 2.05) is 13.8 Å². The minimum absolute atomic E-state index is 0.0870. The monoisotopic (exact) mass is 318 g/mol. The van der Waals surface area contributed by atoms with Gasteiger partial charge in [-0.25, -0.2) is 0 Å². The highest BCUT2D eigenvalue weighted by Crippen LogP contribution is 2.35. The van der Waals surface area contributed by atoms with Crippen molar-refractivity contribution in [3.05, 3.63) is 27.7 Å². The zero-order valence-electron chi connectivity index (χ0n) is 11.7. The van der Waals surface area contributed by atoms with E-state index in [0.29, 0.717) is 35.2 Å². The maximum Gasteiger partial charge on any atom is 0.217 e. The molecular formula is C14H20Cl2N2O2. The summed E-state index contributed by atoms with van der Waals surface area (Å²) in [6.45, 7) is 4.31. The van der Waals surface area contributed by atoms with E-state index in [9.17, 15) is 4.79 Å². The lowest BCUT2D eigenvalue weighted by Crippen LogP contribution is -2.19. The fraction of sp³-hybridized carbons (Fsp3) is 0.500.